The van der Waals surface area contributed by atoms with Crippen molar-refractivity contribution in [1.82, 2.24) is 15.3 Å². The third-order valence-corrected chi connectivity index (χ3v) is 1.87. The molecule has 0 bridgehead atoms. The quantitative estimate of drug-likeness (QED) is 0.797. The smallest absolute Gasteiger partial charge is 0.325 e. The van der Waals surface area contributed by atoms with Crippen LogP contribution in [0.2, 0.25) is 0 Å². The van der Waals surface area contributed by atoms with Gasteiger partial charge in [-0.15, -0.1) is 0 Å². The molecule has 8 heteroatoms. The van der Waals surface area contributed by atoms with Crippen LogP contribution in [0.25, 0.3) is 0 Å². The fourth-order valence-corrected chi connectivity index (χ4v) is 1.20. The predicted molar refractivity (Wildman–Crippen MR) is 71.5 cm³/mol. The van der Waals surface area contributed by atoms with Crippen LogP contribution in [-0.4, -0.2) is 41.2 Å². The maximum absolute atomic E-state index is 11.6. The molecular weight excluding hydrogens is 264 g/mol. The number of urea groups is 1. The molecule has 2 amide bonds. The Kier molecular flexibility index (Phi) is 5.24. The van der Waals surface area contributed by atoms with Crippen LogP contribution in [0, 0.1) is 0 Å². The number of amides is 2. The van der Waals surface area contributed by atoms with Crippen LogP contribution >= 0.6 is 0 Å². The Balaban J connectivity index is 2.42. The highest BCUT2D eigenvalue weighted by molar-refractivity contribution is 5.90. The second-order valence-electron chi connectivity index (χ2n) is 4.82. The maximum atomic E-state index is 11.6. The number of rotatable bonds is 4. The van der Waals surface area contributed by atoms with Crippen molar-refractivity contribution in [1.29, 1.82) is 0 Å². The Morgan fingerprint density at radius 2 is 2.05 bits per heavy atom. The summed E-state index contributed by atoms with van der Waals surface area (Å²) >= 11 is 0. The molecule has 1 aromatic rings. The molecule has 0 fully saturated rings. The predicted octanol–water partition coefficient (Wildman–Crippen LogP) is 0.948. The van der Waals surface area contributed by atoms with Gasteiger partial charge in [0.2, 0.25) is 0 Å². The summed E-state index contributed by atoms with van der Waals surface area (Å²) in [6, 6.07) is 1.06. The number of esters is 1. The van der Waals surface area contributed by atoms with Gasteiger partial charge in [-0.3, -0.25) is 10.1 Å². The van der Waals surface area contributed by atoms with Crippen LogP contribution in [0.3, 0.4) is 0 Å². The van der Waals surface area contributed by atoms with Crippen molar-refractivity contribution in [3.05, 3.63) is 12.3 Å². The highest BCUT2D eigenvalue weighted by Crippen LogP contribution is 2.07. The van der Waals surface area contributed by atoms with Crippen molar-refractivity contribution < 1.29 is 19.1 Å². The number of methoxy groups -OCH3 is 1. The summed E-state index contributed by atoms with van der Waals surface area (Å²) in [6.07, 6.45) is 1.44. The highest BCUT2D eigenvalue weighted by Gasteiger charge is 2.16. The van der Waals surface area contributed by atoms with E-state index in [0.29, 0.717) is 0 Å². The van der Waals surface area contributed by atoms with Crippen molar-refractivity contribution in [2.45, 2.75) is 26.4 Å². The standard InChI is InChI=1S/C12H18N4O4/c1-12(2,3)20-9(17)7-14-10(18)15-8-5-6-13-11(16-8)19-4/h5-6H,7H2,1-4H3,(H2,13,14,15,16,18). The molecule has 1 rings (SSSR count). The lowest BCUT2D eigenvalue weighted by Gasteiger charge is -2.19. The van der Waals surface area contributed by atoms with E-state index in [1.165, 1.54) is 19.4 Å². The van der Waals surface area contributed by atoms with E-state index in [9.17, 15) is 9.59 Å². The van der Waals surface area contributed by atoms with Gasteiger partial charge in [-0.05, 0) is 26.8 Å². The third-order valence-electron chi connectivity index (χ3n) is 1.87. The average molecular weight is 282 g/mol. The summed E-state index contributed by atoms with van der Waals surface area (Å²) in [4.78, 5) is 30.7. The minimum absolute atomic E-state index is 0.134. The molecule has 0 aromatic carbocycles. The average Bonchev–Trinajstić information content (AvgIpc) is 2.34. The Morgan fingerprint density at radius 3 is 2.65 bits per heavy atom. The Hall–Kier alpha value is -2.38. The molecule has 0 saturated carbocycles. The van der Waals surface area contributed by atoms with Gasteiger partial charge in [0, 0.05) is 6.20 Å². The van der Waals surface area contributed by atoms with Gasteiger partial charge in [-0.25, -0.2) is 9.78 Å². The summed E-state index contributed by atoms with van der Waals surface area (Å²) < 4.78 is 9.87. The molecule has 0 aliphatic rings. The maximum Gasteiger partial charge on any atom is 0.325 e. The van der Waals surface area contributed by atoms with Gasteiger partial charge >= 0.3 is 18.0 Å². The third kappa shape index (κ3) is 5.98. The second-order valence-corrected chi connectivity index (χ2v) is 4.82. The van der Waals surface area contributed by atoms with E-state index in [1.54, 1.807) is 20.8 Å². The van der Waals surface area contributed by atoms with Crippen LogP contribution in [-0.2, 0) is 9.53 Å². The minimum Gasteiger partial charge on any atom is -0.467 e. The van der Waals surface area contributed by atoms with Gasteiger partial charge in [-0.1, -0.05) is 0 Å². The molecule has 0 unspecified atom stereocenters. The molecule has 0 aliphatic carbocycles. The summed E-state index contributed by atoms with van der Waals surface area (Å²) in [7, 11) is 1.42. The van der Waals surface area contributed by atoms with Crippen LogP contribution < -0.4 is 15.4 Å². The van der Waals surface area contributed by atoms with Gasteiger partial charge in [0.05, 0.1) is 7.11 Å². The van der Waals surface area contributed by atoms with Gasteiger partial charge < -0.3 is 14.8 Å². The van der Waals surface area contributed by atoms with E-state index in [0.717, 1.165) is 0 Å². The normalized spacial score (nSPS) is 10.6. The van der Waals surface area contributed by atoms with Crippen LogP contribution in [0.4, 0.5) is 10.6 Å². The molecule has 0 spiro atoms. The molecule has 0 radical (unpaired) electrons. The molecular formula is C12H18N4O4. The van der Waals surface area contributed by atoms with E-state index < -0.39 is 17.6 Å². The Bertz CT molecular complexity index is 485. The first-order chi connectivity index (χ1) is 9.30. The largest absolute Gasteiger partial charge is 0.467 e. The minimum atomic E-state index is -0.588. The van der Waals surface area contributed by atoms with Crippen molar-refractivity contribution in [3.63, 3.8) is 0 Å². The molecule has 0 saturated heterocycles. The summed E-state index contributed by atoms with van der Waals surface area (Å²) in [5.41, 5.74) is -0.588. The van der Waals surface area contributed by atoms with E-state index in [-0.39, 0.29) is 18.4 Å². The Morgan fingerprint density at radius 1 is 1.35 bits per heavy atom. The lowest BCUT2D eigenvalue weighted by atomic mass is 10.2. The van der Waals surface area contributed by atoms with Gasteiger partial charge in [0.25, 0.3) is 0 Å². The molecule has 20 heavy (non-hydrogen) atoms. The van der Waals surface area contributed by atoms with Crippen molar-refractivity contribution in [2.24, 2.45) is 0 Å². The highest BCUT2D eigenvalue weighted by atomic mass is 16.6. The molecule has 0 atom stereocenters. The first-order valence-corrected chi connectivity index (χ1v) is 5.94. The number of carbonyl (C=O) groups excluding carboxylic acids is 2. The molecule has 1 heterocycles. The molecule has 110 valence electrons. The zero-order chi connectivity index (χ0) is 15.2. The van der Waals surface area contributed by atoms with Crippen LogP contribution in [0.15, 0.2) is 12.3 Å². The molecule has 1 aromatic heterocycles. The van der Waals surface area contributed by atoms with Crippen molar-refractivity contribution in [3.8, 4) is 6.01 Å². The fraction of sp³-hybridized carbons (Fsp3) is 0.500. The summed E-state index contributed by atoms with van der Waals surface area (Å²) in [6.45, 7) is 5.01. The second kappa shape index (κ2) is 6.69. The van der Waals surface area contributed by atoms with Gasteiger partial charge in [0.15, 0.2) is 0 Å². The monoisotopic (exact) mass is 282 g/mol. The number of ether oxygens (including phenoxy) is 2. The van der Waals surface area contributed by atoms with E-state index in [2.05, 4.69) is 20.6 Å². The fourth-order valence-electron chi connectivity index (χ4n) is 1.20. The topological polar surface area (TPSA) is 102 Å². The SMILES string of the molecule is COc1nccc(NC(=O)NCC(=O)OC(C)(C)C)n1. The molecule has 0 aliphatic heterocycles. The first-order valence-electron chi connectivity index (χ1n) is 5.94. The summed E-state index contributed by atoms with van der Waals surface area (Å²) in [5.74, 6) is -0.258. The van der Waals surface area contributed by atoms with E-state index in [4.69, 9.17) is 9.47 Å². The van der Waals surface area contributed by atoms with E-state index >= 15 is 0 Å². The van der Waals surface area contributed by atoms with Crippen LogP contribution in [0.5, 0.6) is 6.01 Å². The zero-order valence-corrected chi connectivity index (χ0v) is 11.9. The number of hydrogen-bond acceptors (Lipinski definition) is 6. The number of carbonyl (C=O) groups is 2. The summed E-state index contributed by atoms with van der Waals surface area (Å²) in [5, 5.41) is 4.81. The van der Waals surface area contributed by atoms with Gasteiger partial charge in [-0.2, -0.15) is 4.98 Å². The number of aromatic nitrogens is 2. The van der Waals surface area contributed by atoms with Crippen molar-refractivity contribution in [2.75, 3.05) is 19.0 Å². The van der Waals surface area contributed by atoms with Crippen LogP contribution in [0.1, 0.15) is 20.8 Å². The lowest BCUT2D eigenvalue weighted by molar-refractivity contribution is -0.153. The number of anilines is 1. The Labute approximate surface area is 116 Å². The number of hydrogen-bond donors (Lipinski definition) is 2. The molecule has 2 N–H and O–H groups in total. The molecule has 8 nitrogen and oxygen atoms in total. The number of nitrogens with one attached hydrogen (secondary N) is 2. The number of nitrogens with zero attached hydrogens (tertiary/aromatic N) is 2. The lowest BCUT2D eigenvalue weighted by Crippen LogP contribution is -2.37. The van der Waals surface area contributed by atoms with Gasteiger partial charge in [0.1, 0.15) is 18.0 Å². The zero-order valence-electron chi connectivity index (χ0n) is 11.9. The first kappa shape index (κ1) is 15.7. The van der Waals surface area contributed by atoms with E-state index in [1.807, 2.05) is 0 Å². The van der Waals surface area contributed by atoms with Crippen molar-refractivity contribution >= 4 is 17.8 Å².